The minimum atomic E-state index is -0.719. The van der Waals surface area contributed by atoms with Crippen molar-refractivity contribution < 1.29 is 14.3 Å². The normalized spacial score (nSPS) is 29.6. The minimum absolute atomic E-state index is 0.0545. The maximum Gasteiger partial charge on any atom is 0.230 e. The highest BCUT2D eigenvalue weighted by atomic mass is 35.5. The third-order valence-electron chi connectivity index (χ3n) is 4.81. The van der Waals surface area contributed by atoms with Gasteiger partial charge in [-0.05, 0) is 37.0 Å². The number of halogens is 2. The van der Waals surface area contributed by atoms with E-state index in [1.54, 1.807) is 6.07 Å². The van der Waals surface area contributed by atoms with Crippen LogP contribution < -0.4 is 5.32 Å². The van der Waals surface area contributed by atoms with Gasteiger partial charge in [-0.2, -0.15) is 0 Å². The Hall–Kier alpha value is -1.17. The molecule has 1 aromatic carbocycles. The third kappa shape index (κ3) is 2.85. The zero-order valence-electron chi connectivity index (χ0n) is 12.3. The maximum absolute atomic E-state index is 13.1. The lowest BCUT2D eigenvalue weighted by atomic mass is 9.71. The van der Waals surface area contributed by atoms with Crippen LogP contribution in [0.15, 0.2) is 18.2 Å². The van der Waals surface area contributed by atoms with E-state index >= 15 is 0 Å². The van der Waals surface area contributed by atoms with Gasteiger partial charge in [-0.15, -0.1) is 0 Å². The Morgan fingerprint density at radius 2 is 2.32 bits per heavy atom. The van der Waals surface area contributed by atoms with E-state index in [9.17, 15) is 14.3 Å². The first-order valence-electron chi connectivity index (χ1n) is 7.64. The molecular weight excluding hydrogens is 307 g/mol. The van der Waals surface area contributed by atoms with Gasteiger partial charge in [-0.1, -0.05) is 17.7 Å². The highest BCUT2D eigenvalue weighted by Gasteiger charge is 2.49. The number of aliphatic hydroxyl groups is 1. The molecule has 0 aromatic heterocycles. The number of nitrogens with one attached hydrogen (secondary N) is 1. The molecule has 2 aliphatic rings. The predicted molar refractivity (Wildman–Crippen MR) is 82.0 cm³/mol. The predicted octanol–water partition coefficient (Wildman–Crippen LogP) is 1.94. The van der Waals surface area contributed by atoms with Crippen LogP contribution in [-0.2, 0) is 11.3 Å². The molecule has 4 nitrogen and oxygen atoms in total. The second-order valence-electron chi connectivity index (χ2n) is 6.27. The Morgan fingerprint density at radius 1 is 1.50 bits per heavy atom. The molecule has 2 N–H and O–H groups in total. The molecule has 22 heavy (non-hydrogen) atoms. The van der Waals surface area contributed by atoms with Crippen molar-refractivity contribution in [1.82, 2.24) is 10.2 Å². The molecule has 1 amide bonds. The smallest absolute Gasteiger partial charge is 0.230 e. The lowest BCUT2D eigenvalue weighted by molar-refractivity contribution is -0.149. The summed E-state index contributed by atoms with van der Waals surface area (Å²) in [5, 5.41) is 13.6. The summed E-state index contributed by atoms with van der Waals surface area (Å²) in [5.41, 5.74) is 0.119. The van der Waals surface area contributed by atoms with Gasteiger partial charge in [0.1, 0.15) is 5.82 Å². The van der Waals surface area contributed by atoms with Crippen molar-refractivity contribution in [2.24, 2.45) is 5.41 Å². The summed E-state index contributed by atoms with van der Waals surface area (Å²) in [7, 11) is 0. The number of likely N-dealkylation sites (tertiary alicyclic amines) is 1. The van der Waals surface area contributed by atoms with Crippen LogP contribution in [0.5, 0.6) is 0 Å². The molecular formula is C16H20ClFN2O2. The fourth-order valence-corrected chi connectivity index (χ4v) is 3.78. The number of carbonyl (C=O) groups excluding carboxylic acids is 1. The molecule has 2 heterocycles. The first-order valence-corrected chi connectivity index (χ1v) is 8.02. The molecule has 0 aliphatic carbocycles. The van der Waals surface area contributed by atoms with Gasteiger partial charge in [0.05, 0.1) is 11.5 Å². The lowest BCUT2D eigenvalue weighted by Crippen LogP contribution is -2.61. The van der Waals surface area contributed by atoms with E-state index in [-0.39, 0.29) is 11.7 Å². The van der Waals surface area contributed by atoms with E-state index in [4.69, 9.17) is 11.6 Å². The number of amides is 1. The minimum Gasteiger partial charge on any atom is -0.392 e. The van der Waals surface area contributed by atoms with Gasteiger partial charge in [0.15, 0.2) is 0 Å². The molecule has 0 bridgehead atoms. The summed E-state index contributed by atoms with van der Waals surface area (Å²) in [4.78, 5) is 14.4. The molecule has 2 fully saturated rings. The number of aliphatic hydroxyl groups excluding tert-OH is 1. The largest absolute Gasteiger partial charge is 0.392 e. The average Bonchev–Trinajstić information content (AvgIpc) is 2.49. The SMILES string of the molecule is O=C1NCCC[C@]12CN(Cc1ccc(F)cc1Cl)CC[C@H]2O. The fraction of sp³-hybridized carbons (Fsp3) is 0.562. The van der Waals surface area contributed by atoms with Gasteiger partial charge < -0.3 is 10.4 Å². The number of benzene rings is 1. The summed E-state index contributed by atoms with van der Waals surface area (Å²) >= 11 is 6.09. The van der Waals surface area contributed by atoms with Crippen LogP contribution in [0.4, 0.5) is 4.39 Å². The molecule has 0 unspecified atom stereocenters. The van der Waals surface area contributed by atoms with Crippen LogP contribution in [0.1, 0.15) is 24.8 Å². The van der Waals surface area contributed by atoms with Gasteiger partial charge in [-0.3, -0.25) is 9.69 Å². The highest BCUT2D eigenvalue weighted by Crippen LogP contribution is 2.38. The van der Waals surface area contributed by atoms with E-state index in [0.29, 0.717) is 44.0 Å². The van der Waals surface area contributed by atoms with Crippen molar-refractivity contribution in [3.8, 4) is 0 Å². The summed E-state index contributed by atoms with van der Waals surface area (Å²) in [6.07, 6.45) is 1.54. The molecule has 2 atom stereocenters. The van der Waals surface area contributed by atoms with Gasteiger partial charge in [0.25, 0.3) is 0 Å². The van der Waals surface area contributed by atoms with Crippen LogP contribution in [0.3, 0.4) is 0 Å². The Kier molecular flexibility index (Phi) is 4.39. The molecule has 3 rings (SSSR count). The monoisotopic (exact) mass is 326 g/mol. The first-order chi connectivity index (χ1) is 10.5. The summed E-state index contributed by atoms with van der Waals surface area (Å²) < 4.78 is 13.1. The van der Waals surface area contributed by atoms with E-state index in [2.05, 4.69) is 10.2 Å². The highest BCUT2D eigenvalue weighted by molar-refractivity contribution is 6.31. The van der Waals surface area contributed by atoms with Crippen molar-refractivity contribution in [2.45, 2.75) is 31.9 Å². The van der Waals surface area contributed by atoms with Gasteiger partial charge in [0, 0.05) is 31.2 Å². The fourth-order valence-electron chi connectivity index (χ4n) is 3.55. The lowest BCUT2D eigenvalue weighted by Gasteiger charge is -2.47. The van der Waals surface area contributed by atoms with E-state index in [1.807, 2.05) is 0 Å². The summed E-state index contributed by atoms with van der Waals surface area (Å²) in [5.74, 6) is -0.410. The van der Waals surface area contributed by atoms with E-state index < -0.39 is 11.5 Å². The third-order valence-corrected chi connectivity index (χ3v) is 5.16. The molecule has 2 saturated heterocycles. The van der Waals surface area contributed by atoms with Crippen LogP contribution in [0, 0.1) is 11.2 Å². The maximum atomic E-state index is 13.1. The van der Waals surface area contributed by atoms with Crippen LogP contribution in [0.2, 0.25) is 5.02 Å². The van der Waals surface area contributed by atoms with Crippen molar-refractivity contribution >= 4 is 17.5 Å². The number of hydrogen-bond donors (Lipinski definition) is 2. The van der Waals surface area contributed by atoms with Crippen molar-refractivity contribution in [2.75, 3.05) is 19.6 Å². The molecule has 2 aliphatic heterocycles. The number of piperidine rings is 2. The van der Waals surface area contributed by atoms with Gasteiger partial charge in [-0.25, -0.2) is 4.39 Å². The molecule has 1 aromatic rings. The number of nitrogens with zero attached hydrogens (tertiary/aromatic N) is 1. The molecule has 1 spiro atoms. The quantitative estimate of drug-likeness (QED) is 0.873. The molecule has 0 radical (unpaired) electrons. The van der Waals surface area contributed by atoms with Crippen molar-refractivity contribution in [3.05, 3.63) is 34.6 Å². The topological polar surface area (TPSA) is 52.6 Å². The summed E-state index contributed by atoms with van der Waals surface area (Å²) in [6.45, 7) is 2.44. The van der Waals surface area contributed by atoms with Crippen molar-refractivity contribution in [3.63, 3.8) is 0 Å². The van der Waals surface area contributed by atoms with E-state index in [0.717, 1.165) is 12.0 Å². The first kappa shape index (κ1) is 15.7. The Bertz CT molecular complexity index is 583. The Morgan fingerprint density at radius 3 is 3.05 bits per heavy atom. The summed E-state index contributed by atoms with van der Waals surface area (Å²) in [6, 6.07) is 4.37. The zero-order chi connectivity index (χ0) is 15.7. The second-order valence-corrected chi connectivity index (χ2v) is 6.67. The Labute approximate surface area is 134 Å². The number of carbonyl (C=O) groups is 1. The molecule has 120 valence electrons. The standard InChI is InChI=1S/C16H20ClFN2O2/c17-13-8-12(18)3-2-11(13)9-20-7-4-14(21)16(10-20)5-1-6-19-15(16)22/h2-3,8,14,21H,1,4-7,9-10H2,(H,19,22)/t14-,16-/m1/s1. The van der Waals surface area contributed by atoms with Gasteiger partial charge in [0.2, 0.25) is 5.91 Å². The van der Waals surface area contributed by atoms with Gasteiger partial charge >= 0.3 is 0 Å². The van der Waals surface area contributed by atoms with Crippen molar-refractivity contribution in [1.29, 1.82) is 0 Å². The van der Waals surface area contributed by atoms with Crippen LogP contribution >= 0.6 is 11.6 Å². The van der Waals surface area contributed by atoms with E-state index in [1.165, 1.54) is 12.1 Å². The zero-order valence-corrected chi connectivity index (χ0v) is 13.1. The number of hydrogen-bond acceptors (Lipinski definition) is 3. The van der Waals surface area contributed by atoms with Crippen LogP contribution in [-0.4, -0.2) is 41.7 Å². The van der Waals surface area contributed by atoms with Crippen LogP contribution in [0.25, 0.3) is 0 Å². The second kappa shape index (κ2) is 6.14. The molecule has 6 heteroatoms. The average molecular weight is 327 g/mol. The number of rotatable bonds is 2. The molecule has 0 saturated carbocycles. The Balaban J connectivity index is 1.77.